The van der Waals surface area contributed by atoms with Gasteiger partial charge in [-0.2, -0.15) is 0 Å². The predicted molar refractivity (Wildman–Crippen MR) is 73.5 cm³/mol. The lowest BCUT2D eigenvalue weighted by molar-refractivity contribution is -0.140. The van der Waals surface area contributed by atoms with Gasteiger partial charge in [0.15, 0.2) is 9.84 Å². The quantitative estimate of drug-likeness (QED) is 0.634. The van der Waals surface area contributed by atoms with Crippen molar-refractivity contribution >= 4 is 33.3 Å². The Morgan fingerprint density at radius 3 is 2.30 bits per heavy atom. The topological polar surface area (TPSA) is 89.5 Å². The summed E-state index contributed by atoms with van der Waals surface area (Å²) in [5.74, 6) is -1.10. The van der Waals surface area contributed by atoms with Crippen LogP contribution in [0.25, 0.3) is 0 Å². The largest absolute Gasteiger partial charge is 0.468 e. The van der Waals surface area contributed by atoms with Gasteiger partial charge in [-0.05, 0) is 24.3 Å². The summed E-state index contributed by atoms with van der Waals surface area (Å²) in [6, 6.07) is 5.44. The summed E-state index contributed by atoms with van der Waals surface area (Å²) in [5.41, 5.74) is 0.270. The number of carbonyl (C=O) groups excluding carboxylic acids is 2. The van der Waals surface area contributed by atoms with Crippen LogP contribution in [0.1, 0.15) is 10.4 Å². The minimum absolute atomic E-state index is 0.0825. The fourth-order valence-electron chi connectivity index (χ4n) is 1.35. The van der Waals surface area contributed by atoms with Crippen molar-refractivity contribution in [3.05, 3.63) is 29.8 Å². The van der Waals surface area contributed by atoms with Crippen LogP contribution in [0.4, 0.5) is 0 Å². The van der Waals surface area contributed by atoms with E-state index in [0.29, 0.717) is 0 Å². The second-order valence-electron chi connectivity index (χ2n) is 4.00. The van der Waals surface area contributed by atoms with Crippen LogP contribution in [0.2, 0.25) is 0 Å². The van der Waals surface area contributed by atoms with Gasteiger partial charge < -0.3 is 10.1 Å². The molecular weight excluding hydrogens is 306 g/mol. The number of sulfone groups is 1. The molecule has 1 amide bonds. The molecule has 0 fully saturated rings. The predicted octanol–water partition coefficient (Wildman–Crippen LogP) is 0.600. The number of alkyl halides is 1. The van der Waals surface area contributed by atoms with E-state index in [1.165, 1.54) is 31.4 Å². The fraction of sp³-hybridized carbons (Fsp3) is 0.333. The minimum atomic E-state index is -3.30. The minimum Gasteiger partial charge on any atom is -0.468 e. The van der Waals surface area contributed by atoms with E-state index in [4.69, 9.17) is 11.6 Å². The van der Waals surface area contributed by atoms with Gasteiger partial charge >= 0.3 is 5.97 Å². The van der Waals surface area contributed by atoms with Crippen LogP contribution in [0.15, 0.2) is 29.2 Å². The van der Waals surface area contributed by atoms with E-state index < -0.39 is 27.1 Å². The Bertz CT molecular complexity index is 597. The Morgan fingerprint density at radius 1 is 1.30 bits per heavy atom. The summed E-state index contributed by atoms with van der Waals surface area (Å²) < 4.78 is 26.9. The zero-order chi connectivity index (χ0) is 15.3. The maximum Gasteiger partial charge on any atom is 0.325 e. The van der Waals surface area contributed by atoms with E-state index in [1.807, 2.05) is 0 Å². The Labute approximate surface area is 122 Å². The molecule has 1 atom stereocenters. The molecule has 0 aliphatic carbocycles. The first-order chi connectivity index (χ1) is 9.25. The summed E-state index contributed by atoms with van der Waals surface area (Å²) in [4.78, 5) is 22.9. The van der Waals surface area contributed by atoms with Gasteiger partial charge in [0.05, 0.1) is 12.0 Å². The molecule has 0 saturated carbocycles. The van der Waals surface area contributed by atoms with Gasteiger partial charge in [-0.25, -0.2) is 8.42 Å². The van der Waals surface area contributed by atoms with Crippen molar-refractivity contribution in [2.45, 2.75) is 10.3 Å². The number of rotatable bonds is 5. The molecule has 8 heteroatoms. The highest BCUT2D eigenvalue weighted by atomic mass is 35.5. The van der Waals surface area contributed by atoms with E-state index >= 15 is 0 Å². The van der Waals surface area contributed by atoms with E-state index in [9.17, 15) is 18.0 Å². The smallest absolute Gasteiger partial charge is 0.325 e. The molecule has 0 spiro atoms. The SMILES string of the molecule is COC(=O)C(Cl)CNC(=O)c1ccc(S(C)(=O)=O)cc1. The van der Waals surface area contributed by atoms with Crippen molar-refractivity contribution in [2.75, 3.05) is 19.9 Å². The first-order valence-corrected chi connectivity index (χ1v) is 7.88. The molecule has 0 aliphatic rings. The Balaban J connectivity index is 2.67. The van der Waals surface area contributed by atoms with Crippen LogP contribution in [0.5, 0.6) is 0 Å². The van der Waals surface area contributed by atoms with Crippen molar-refractivity contribution in [3.63, 3.8) is 0 Å². The van der Waals surface area contributed by atoms with Gasteiger partial charge in [-0.3, -0.25) is 9.59 Å². The standard InChI is InChI=1S/C12H14ClNO5S/c1-19-12(16)10(13)7-14-11(15)8-3-5-9(6-4-8)20(2,17)18/h3-6,10H,7H2,1-2H3,(H,14,15). The first-order valence-electron chi connectivity index (χ1n) is 5.56. The molecule has 110 valence electrons. The molecule has 6 nitrogen and oxygen atoms in total. The molecule has 0 aliphatic heterocycles. The third kappa shape index (κ3) is 4.50. The second-order valence-corrected chi connectivity index (χ2v) is 6.54. The molecule has 1 unspecified atom stereocenters. The number of amides is 1. The Kier molecular flexibility index (Phi) is 5.52. The van der Waals surface area contributed by atoms with Gasteiger partial charge in [0.25, 0.3) is 5.91 Å². The monoisotopic (exact) mass is 319 g/mol. The third-order valence-corrected chi connectivity index (χ3v) is 3.90. The normalized spacial score (nSPS) is 12.6. The van der Waals surface area contributed by atoms with E-state index in [2.05, 4.69) is 10.1 Å². The molecule has 0 heterocycles. The Hall–Kier alpha value is -1.60. The summed E-state index contributed by atoms with van der Waals surface area (Å²) in [5, 5.41) is 1.48. The van der Waals surface area contributed by atoms with E-state index in [-0.39, 0.29) is 17.0 Å². The van der Waals surface area contributed by atoms with E-state index in [1.54, 1.807) is 0 Å². The van der Waals surface area contributed by atoms with Crippen LogP contribution >= 0.6 is 11.6 Å². The third-order valence-electron chi connectivity index (χ3n) is 2.44. The van der Waals surface area contributed by atoms with Crippen LogP contribution in [-0.4, -0.2) is 45.6 Å². The number of hydrogen-bond acceptors (Lipinski definition) is 5. The number of methoxy groups -OCH3 is 1. The molecule has 20 heavy (non-hydrogen) atoms. The molecule has 1 aromatic rings. The van der Waals surface area contributed by atoms with Crippen molar-refractivity contribution in [2.24, 2.45) is 0 Å². The zero-order valence-electron chi connectivity index (χ0n) is 10.9. The number of carbonyl (C=O) groups is 2. The highest BCUT2D eigenvalue weighted by Gasteiger charge is 2.17. The first kappa shape index (κ1) is 16.5. The zero-order valence-corrected chi connectivity index (χ0v) is 12.5. The summed E-state index contributed by atoms with van der Waals surface area (Å²) in [7, 11) is -2.10. The molecule has 1 N–H and O–H groups in total. The maximum atomic E-state index is 11.7. The van der Waals surface area contributed by atoms with Gasteiger partial charge in [0, 0.05) is 18.4 Å². The van der Waals surface area contributed by atoms with Crippen molar-refractivity contribution in [3.8, 4) is 0 Å². The summed E-state index contributed by atoms with van der Waals surface area (Å²) in [6.45, 7) is -0.0825. The van der Waals surface area contributed by atoms with Crippen molar-refractivity contribution in [1.82, 2.24) is 5.32 Å². The van der Waals surface area contributed by atoms with Gasteiger partial charge in [-0.15, -0.1) is 11.6 Å². The molecule has 0 bridgehead atoms. The lowest BCUT2D eigenvalue weighted by Gasteiger charge is -2.09. The highest BCUT2D eigenvalue weighted by Crippen LogP contribution is 2.10. The van der Waals surface area contributed by atoms with Gasteiger partial charge in [0.1, 0.15) is 5.38 Å². The Morgan fingerprint density at radius 2 is 1.85 bits per heavy atom. The molecule has 0 aromatic heterocycles. The number of nitrogens with one attached hydrogen (secondary N) is 1. The van der Waals surface area contributed by atoms with Gasteiger partial charge in [-0.1, -0.05) is 0 Å². The number of benzene rings is 1. The second kappa shape index (κ2) is 6.71. The molecular formula is C12H14ClNO5S. The fourth-order valence-corrected chi connectivity index (χ4v) is 2.15. The highest BCUT2D eigenvalue weighted by molar-refractivity contribution is 7.90. The van der Waals surface area contributed by atoms with Crippen LogP contribution < -0.4 is 5.32 Å². The molecule has 0 radical (unpaired) electrons. The van der Waals surface area contributed by atoms with Gasteiger partial charge in [0.2, 0.25) is 0 Å². The lowest BCUT2D eigenvalue weighted by atomic mass is 10.2. The summed E-state index contributed by atoms with van der Waals surface area (Å²) >= 11 is 5.68. The van der Waals surface area contributed by atoms with Crippen LogP contribution in [-0.2, 0) is 19.4 Å². The summed E-state index contributed by atoms with van der Waals surface area (Å²) in [6.07, 6.45) is 1.08. The number of halogens is 1. The molecule has 0 saturated heterocycles. The molecule has 1 aromatic carbocycles. The average Bonchev–Trinajstić information content (AvgIpc) is 2.42. The maximum absolute atomic E-state index is 11.7. The van der Waals surface area contributed by atoms with Crippen LogP contribution in [0, 0.1) is 0 Å². The number of hydrogen-bond donors (Lipinski definition) is 1. The van der Waals surface area contributed by atoms with Crippen molar-refractivity contribution < 1.29 is 22.7 Å². The number of esters is 1. The lowest BCUT2D eigenvalue weighted by Crippen LogP contribution is -2.34. The van der Waals surface area contributed by atoms with Crippen LogP contribution in [0.3, 0.4) is 0 Å². The van der Waals surface area contributed by atoms with E-state index in [0.717, 1.165) is 6.26 Å². The average molecular weight is 320 g/mol. The molecule has 1 rings (SSSR count). The number of ether oxygens (including phenoxy) is 1. The van der Waals surface area contributed by atoms with Crippen molar-refractivity contribution in [1.29, 1.82) is 0 Å².